The van der Waals surface area contributed by atoms with Crippen molar-refractivity contribution in [3.8, 4) is 0 Å². The van der Waals surface area contributed by atoms with E-state index in [9.17, 15) is 13.2 Å². The molecule has 0 radical (unpaired) electrons. The highest BCUT2D eigenvalue weighted by Crippen LogP contribution is 2.37. The molecule has 1 aliphatic rings. The van der Waals surface area contributed by atoms with Crippen LogP contribution in [0.4, 0.5) is 18.9 Å². The summed E-state index contributed by atoms with van der Waals surface area (Å²) in [4.78, 5) is 3.51. The molecule has 5 heteroatoms. The van der Waals surface area contributed by atoms with E-state index < -0.39 is 17.4 Å². The molecule has 90 valence electrons. The molecule has 0 unspecified atom stereocenters. The highest BCUT2D eigenvalue weighted by molar-refractivity contribution is 5.48. The van der Waals surface area contributed by atoms with E-state index in [0.717, 1.165) is 31.4 Å². The molecule has 0 aliphatic heterocycles. The van der Waals surface area contributed by atoms with Gasteiger partial charge in [0.05, 0.1) is 5.56 Å². The largest absolute Gasteiger partial charge is 0.416 e. The average Bonchev–Trinajstić information content (AvgIpc) is 2.23. The Bertz CT molecular complexity index is 438. The smallest absolute Gasteiger partial charge is 0.314 e. The monoisotopic (exact) mass is 240 g/mol. The van der Waals surface area contributed by atoms with Gasteiger partial charge in [-0.1, -0.05) is 0 Å². The normalized spacial score (nSPS) is 18.0. The molecular formula is C12H11F3N2. The number of nitrogens with zero attached hydrogens (tertiary/aromatic N) is 1. The van der Waals surface area contributed by atoms with E-state index in [1.54, 1.807) is 0 Å². The Kier molecular flexibility index (Phi) is 2.74. The van der Waals surface area contributed by atoms with Gasteiger partial charge in [-0.3, -0.25) is 4.85 Å². The number of hydrogen-bond donors (Lipinski definition) is 1. The van der Waals surface area contributed by atoms with Crippen LogP contribution in [0.5, 0.6) is 0 Å². The van der Waals surface area contributed by atoms with Crippen LogP contribution in [0, 0.1) is 6.57 Å². The molecule has 0 amide bonds. The minimum Gasteiger partial charge on any atom is -0.314 e. The summed E-state index contributed by atoms with van der Waals surface area (Å²) in [6, 6.07) is 4.79. The van der Waals surface area contributed by atoms with Crippen LogP contribution in [-0.2, 0) is 6.18 Å². The maximum Gasteiger partial charge on any atom is 0.416 e. The Morgan fingerprint density at radius 1 is 1.18 bits per heavy atom. The SMILES string of the molecule is [C-]#[N+]C1(Nc2ccc(C(F)(F)F)cc2)CCC1. The van der Waals surface area contributed by atoms with Gasteiger partial charge in [0.2, 0.25) is 0 Å². The van der Waals surface area contributed by atoms with Gasteiger partial charge >= 0.3 is 11.8 Å². The number of hydrogen-bond acceptors (Lipinski definition) is 1. The van der Waals surface area contributed by atoms with E-state index in [1.165, 1.54) is 12.1 Å². The Balaban J connectivity index is 2.12. The molecule has 0 heterocycles. The number of nitrogens with one attached hydrogen (secondary N) is 1. The van der Waals surface area contributed by atoms with Crippen molar-refractivity contribution in [1.82, 2.24) is 0 Å². The second-order valence-corrected chi connectivity index (χ2v) is 4.20. The molecule has 1 fully saturated rings. The fourth-order valence-corrected chi connectivity index (χ4v) is 1.79. The summed E-state index contributed by atoms with van der Waals surface area (Å²) in [6.45, 7) is 7.08. The van der Waals surface area contributed by atoms with Gasteiger partial charge < -0.3 is 5.32 Å². The highest BCUT2D eigenvalue weighted by atomic mass is 19.4. The highest BCUT2D eigenvalue weighted by Gasteiger charge is 2.43. The average molecular weight is 240 g/mol. The fourth-order valence-electron chi connectivity index (χ4n) is 1.79. The minimum atomic E-state index is -4.31. The van der Waals surface area contributed by atoms with E-state index >= 15 is 0 Å². The van der Waals surface area contributed by atoms with Gasteiger partial charge in [0.15, 0.2) is 0 Å². The van der Waals surface area contributed by atoms with Gasteiger partial charge in [0.25, 0.3) is 0 Å². The van der Waals surface area contributed by atoms with Crippen molar-refractivity contribution in [3.63, 3.8) is 0 Å². The number of rotatable bonds is 2. The number of halogens is 3. The molecule has 1 saturated carbocycles. The van der Waals surface area contributed by atoms with Gasteiger partial charge in [0, 0.05) is 18.5 Å². The van der Waals surface area contributed by atoms with E-state index in [2.05, 4.69) is 10.2 Å². The van der Waals surface area contributed by atoms with E-state index in [1.807, 2.05) is 0 Å². The number of alkyl halides is 3. The Hall–Kier alpha value is -1.70. The Morgan fingerprint density at radius 2 is 1.76 bits per heavy atom. The molecule has 0 atom stereocenters. The summed E-state index contributed by atoms with van der Waals surface area (Å²) in [6.07, 6.45) is -1.84. The second-order valence-electron chi connectivity index (χ2n) is 4.20. The topological polar surface area (TPSA) is 16.4 Å². The van der Waals surface area contributed by atoms with Crippen LogP contribution < -0.4 is 5.32 Å². The molecule has 1 aromatic carbocycles. The maximum absolute atomic E-state index is 12.3. The van der Waals surface area contributed by atoms with Crippen LogP contribution in [0.25, 0.3) is 4.85 Å². The lowest BCUT2D eigenvalue weighted by molar-refractivity contribution is -0.137. The molecule has 2 rings (SSSR count). The summed E-state index contributed by atoms with van der Waals surface area (Å²) in [7, 11) is 0. The van der Waals surface area contributed by atoms with E-state index in [-0.39, 0.29) is 0 Å². The zero-order valence-corrected chi connectivity index (χ0v) is 9.01. The lowest BCUT2D eigenvalue weighted by Crippen LogP contribution is -2.41. The van der Waals surface area contributed by atoms with Crippen molar-refractivity contribution in [2.45, 2.75) is 31.1 Å². The summed E-state index contributed by atoms with van der Waals surface area (Å²) in [5.41, 5.74) is -0.707. The van der Waals surface area contributed by atoms with Gasteiger partial charge in [-0.25, -0.2) is 6.57 Å². The van der Waals surface area contributed by atoms with Crippen LogP contribution in [0.3, 0.4) is 0 Å². The third kappa shape index (κ3) is 2.36. The summed E-state index contributed by atoms with van der Waals surface area (Å²) in [5, 5.41) is 3.00. The number of benzene rings is 1. The molecule has 1 N–H and O–H groups in total. The van der Waals surface area contributed by atoms with Crippen LogP contribution in [0.1, 0.15) is 24.8 Å². The van der Waals surface area contributed by atoms with Crippen molar-refractivity contribution in [1.29, 1.82) is 0 Å². The molecule has 2 nitrogen and oxygen atoms in total. The second kappa shape index (κ2) is 3.95. The van der Waals surface area contributed by atoms with E-state index in [4.69, 9.17) is 6.57 Å². The molecule has 0 saturated heterocycles. The van der Waals surface area contributed by atoms with Crippen molar-refractivity contribution >= 4 is 5.69 Å². The summed E-state index contributed by atoms with van der Waals surface area (Å²) < 4.78 is 37.0. The fraction of sp³-hybridized carbons (Fsp3) is 0.417. The third-order valence-electron chi connectivity index (χ3n) is 2.98. The van der Waals surface area contributed by atoms with Gasteiger partial charge in [0.1, 0.15) is 0 Å². The van der Waals surface area contributed by atoms with Gasteiger partial charge in [-0.05, 0) is 30.7 Å². The molecule has 0 spiro atoms. The molecule has 0 aromatic heterocycles. The van der Waals surface area contributed by atoms with Gasteiger partial charge in [-0.2, -0.15) is 13.2 Å². The first-order chi connectivity index (χ1) is 7.95. The Labute approximate surface area is 97.3 Å². The van der Waals surface area contributed by atoms with Crippen molar-refractivity contribution in [2.24, 2.45) is 0 Å². The molecule has 1 aliphatic carbocycles. The van der Waals surface area contributed by atoms with Crippen molar-refractivity contribution in [2.75, 3.05) is 5.32 Å². The summed E-state index contributed by atoms with van der Waals surface area (Å²) >= 11 is 0. The quantitative estimate of drug-likeness (QED) is 0.775. The summed E-state index contributed by atoms with van der Waals surface area (Å²) in [5.74, 6) is 0. The first kappa shape index (κ1) is 11.8. The van der Waals surface area contributed by atoms with Crippen LogP contribution in [0.15, 0.2) is 24.3 Å². The van der Waals surface area contributed by atoms with Crippen LogP contribution in [0.2, 0.25) is 0 Å². The molecule has 0 bridgehead atoms. The van der Waals surface area contributed by atoms with Gasteiger partial charge in [-0.15, -0.1) is 0 Å². The van der Waals surface area contributed by atoms with Crippen LogP contribution >= 0.6 is 0 Å². The lowest BCUT2D eigenvalue weighted by atomic mass is 9.85. The third-order valence-corrected chi connectivity index (χ3v) is 2.98. The van der Waals surface area contributed by atoms with E-state index in [0.29, 0.717) is 5.69 Å². The standard InChI is InChI=1S/C12H11F3N2/c1-16-11(7-2-8-11)17-10-5-3-9(4-6-10)12(13,14)15/h3-6,17H,2,7-8H2. The predicted octanol–water partition coefficient (Wildman–Crippen LogP) is 3.92. The van der Waals surface area contributed by atoms with Crippen LogP contribution in [-0.4, -0.2) is 5.66 Å². The minimum absolute atomic E-state index is 0.564. The lowest BCUT2D eigenvalue weighted by Gasteiger charge is -2.31. The number of anilines is 1. The Morgan fingerprint density at radius 3 is 2.12 bits per heavy atom. The zero-order chi connectivity index (χ0) is 12.5. The molecule has 1 aromatic rings. The van der Waals surface area contributed by atoms with Crippen molar-refractivity contribution in [3.05, 3.63) is 41.2 Å². The van der Waals surface area contributed by atoms with Crippen molar-refractivity contribution < 1.29 is 13.2 Å². The molecular weight excluding hydrogens is 229 g/mol. The first-order valence-electron chi connectivity index (χ1n) is 5.29. The first-order valence-corrected chi connectivity index (χ1v) is 5.29. The zero-order valence-electron chi connectivity index (χ0n) is 9.01. The predicted molar refractivity (Wildman–Crippen MR) is 58.3 cm³/mol. The molecule has 17 heavy (non-hydrogen) atoms. The maximum atomic E-state index is 12.3.